The van der Waals surface area contributed by atoms with E-state index in [0.29, 0.717) is 0 Å². The van der Waals surface area contributed by atoms with E-state index in [1.165, 1.54) is 0 Å². The molecule has 0 bridgehead atoms. The number of aliphatic imine (C=N–C) groups is 2. The molecule has 6 heteroatoms. The van der Waals surface area contributed by atoms with E-state index in [0.717, 1.165) is 62.5 Å². The highest BCUT2D eigenvalue weighted by atomic mass is 16.2. The molecule has 2 aromatic rings. The highest BCUT2D eigenvalue weighted by molar-refractivity contribution is 6.35. The van der Waals surface area contributed by atoms with Crippen molar-refractivity contribution in [3.63, 3.8) is 0 Å². The van der Waals surface area contributed by atoms with Gasteiger partial charge in [-0.2, -0.15) is 0 Å². The van der Waals surface area contributed by atoms with E-state index in [-0.39, 0.29) is 24.2 Å². The number of nitrogens with one attached hydrogen (secondary N) is 2. The average Bonchev–Trinajstić information content (AvgIpc) is 2.89. The molecule has 0 heterocycles. The summed E-state index contributed by atoms with van der Waals surface area (Å²) in [5, 5.41) is 5.93. The van der Waals surface area contributed by atoms with E-state index in [1.807, 2.05) is 73.1 Å². The molecule has 6 nitrogen and oxygen atoms in total. The van der Waals surface area contributed by atoms with Crippen LogP contribution in [0.3, 0.4) is 0 Å². The molecule has 0 aromatic heterocycles. The molecule has 2 amide bonds. The molecule has 0 saturated heterocycles. The standard InChI is InChI=1S/C28H34N4O2/c33-27(31-25-17-9-7-15-23(25)29-19-21-11-3-1-4-12-21)28(34)32-26-18-10-8-16-24(26)30-20-22-13-5-2-6-14-22/h1-6,11-14,19-20,23-26H,7-10,15-18H2,(H,31,33)(H,32,34)/t23-,24-,25-,26-/m1/s1. The lowest BCUT2D eigenvalue weighted by atomic mass is 9.90. The average molecular weight is 459 g/mol. The van der Waals surface area contributed by atoms with Crippen LogP contribution in [-0.4, -0.2) is 48.4 Å². The molecule has 34 heavy (non-hydrogen) atoms. The van der Waals surface area contributed by atoms with Crippen LogP contribution in [0.1, 0.15) is 62.5 Å². The van der Waals surface area contributed by atoms with E-state index in [9.17, 15) is 9.59 Å². The van der Waals surface area contributed by atoms with Gasteiger partial charge in [0.2, 0.25) is 0 Å². The minimum atomic E-state index is -0.567. The Hall–Kier alpha value is -3.28. The van der Waals surface area contributed by atoms with Gasteiger partial charge in [-0.05, 0) is 36.8 Å². The summed E-state index contributed by atoms with van der Waals surface area (Å²) in [6, 6.07) is 19.6. The highest BCUT2D eigenvalue weighted by Crippen LogP contribution is 2.23. The van der Waals surface area contributed by atoms with Gasteiger partial charge < -0.3 is 10.6 Å². The number of hydrogen-bond acceptors (Lipinski definition) is 4. The van der Waals surface area contributed by atoms with Crippen LogP contribution in [0, 0.1) is 0 Å². The van der Waals surface area contributed by atoms with Crippen molar-refractivity contribution < 1.29 is 9.59 Å². The van der Waals surface area contributed by atoms with Crippen LogP contribution < -0.4 is 10.6 Å². The van der Waals surface area contributed by atoms with E-state index >= 15 is 0 Å². The van der Waals surface area contributed by atoms with Gasteiger partial charge in [0.25, 0.3) is 0 Å². The van der Waals surface area contributed by atoms with Crippen molar-refractivity contribution in [2.75, 3.05) is 0 Å². The fourth-order valence-electron chi connectivity index (χ4n) is 4.83. The fraction of sp³-hybridized carbons (Fsp3) is 0.429. The van der Waals surface area contributed by atoms with Gasteiger partial charge in [0.1, 0.15) is 0 Å². The van der Waals surface area contributed by atoms with Crippen molar-refractivity contribution in [1.29, 1.82) is 0 Å². The Bertz CT molecular complexity index is 908. The monoisotopic (exact) mass is 458 g/mol. The van der Waals surface area contributed by atoms with Crippen LogP contribution in [0.4, 0.5) is 0 Å². The van der Waals surface area contributed by atoms with Gasteiger partial charge in [0.15, 0.2) is 0 Å². The zero-order chi connectivity index (χ0) is 23.6. The van der Waals surface area contributed by atoms with Crippen molar-refractivity contribution in [1.82, 2.24) is 10.6 Å². The second-order valence-electron chi connectivity index (χ2n) is 9.24. The number of carbonyl (C=O) groups excluding carboxylic acids is 2. The largest absolute Gasteiger partial charge is 0.343 e. The maximum atomic E-state index is 12.8. The van der Waals surface area contributed by atoms with Crippen LogP contribution >= 0.6 is 0 Å². The third kappa shape index (κ3) is 6.86. The van der Waals surface area contributed by atoms with Crippen molar-refractivity contribution in [3.8, 4) is 0 Å². The van der Waals surface area contributed by atoms with Crippen molar-refractivity contribution in [2.24, 2.45) is 9.98 Å². The van der Waals surface area contributed by atoms with Gasteiger partial charge >= 0.3 is 11.8 Å². The molecular weight excluding hydrogens is 424 g/mol. The zero-order valence-electron chi connectivity index (χ0n) is 19.6. The lowest BCUT2D eigenvalue weighted by Gasteiger charge is -2.31. The summed E-state index contributed by atoms with van der Waals surface area (Å²) >= 11 is 0. The smallest absolute Gasteiger partial charge is 0.309 e. The lowest BCUT2D eigenvalue weighted by Crippen LogP contribution is -2.53. The summed E-state index contributed by atoms with van der Waals surface area (Å²) < 4.78 is 0. The first-order chi connectivity index (χ1) is 16.7. The quantitative estimate of drug-likeness (QED) is 0.505. The van der Waals surface area contributed by atoms with Crippen molar-refractivity contribution in [2.45, 2.75) is 75.5 Å². The topological polar surface area (TPSA) is 82.9 Å². The first-order valence-corrected chi connectivity index (χ1v) is 12.5. The molecule has 2 saturated carbocycles. The Morgan fingerprint density at radius 2 is 1.00 bits per heavy atom. The van der Waals surface area contributed by atoms with Gasteiger partial charge in [-0.1, -0.05) is 86.3 Å². The zero-order valence-corrected chi connectivity index (χ0v) is 19.6. The van der Waals surface area contributed by atoms with E-state index in [1.54, 1.807) is 0 Å². The number of rotatable bonds is 6. The first kappa shape index (κ1) is 23.9. The van der Waals surface area contributed by atoms with Crippen LogP contribution in [0.2, 0.25) is 0 Å². The van der Waals surface area contributed by atoms with Gasteiger partial charge in [-0.3, -0.25) is 19.6 Å². The molecule has 2 aromatic carbocycles. The Morgan fingerprint density at radius 3 is 1.41 bits per heavy atom. The molecule has 0 radical (unpaired) electrons. The van der Waals surface area contributed by atoms with Crippen LogP contribution in [0.15, 0.2) is 70.6 Å². The number of amides is 2. The number of nitrogens with zero attached hydrogens (tertiary/aromatic N) is 2. The van der Waals surface area contributed by atoms with Gasteiger partial charge in [0, 0.05) is 12.4 Å². The van der Waals surface area contributed by atoms with Gasteiger partial charge in [-0.15, -0.1) is 0 Å². The van der Waals surface area contributed by atoms with Crippen LogP contribution in [0.25, 0.3) is 0 Å². The summed E-state index contributed by atoms with van der Waals surface area (Å²) in [6.07, 6.45) is 11.5. The third-order valence-electron chi connectivity index (χ3n) is 6.73. The SMILES string of the molecule is O=C(N[C@@H]1CCCC[C@H]1N=Cc1ccccc1)C(=O)N[C@@H]1CCCC[C@H]1N=Cc1ccccc1. The van der Waals surface area contributed by atoms with Crippen LogP contribution in [-0.2, 0) is 9.59 Å². The maximum Gasteiger partial charge on any atom is 0.309 e. The van der Waals surface area contributed by atoms with Gasteiger partial charge in [0.05, 0.1) is 24.2 Å². The molecule has 2 aliphatic rings. The minimum absolute atomic E-state index is 0.0105. The summed E-state index contributed by atoms with van der Waals surface area (Å²) in [5.74, 6) is -1.13. The minimum Gasteiger partial charge on any atom is -0.343 e. The number of carbonyl (C=O) groups is 2. The predicted molar refractivity (Wildman–Crippen MR) is 136 cm³/mol. The van der Waals surface area contributed by atoms with Crippen LogP contribution in [0.5, 0.6) is 0 Å². The highest BCUT2D eigenvalue weighted by Gasteiger charge is 2.31. The molecule has 4 rings (SSSR count). The summed E-state index contributed by atoms with van der Waals surface area (Å²) in [5.41, 5.74) is 2.07. The van der Waals surface area contributed by atoms with E-state index < -0.39 is 11.8 Å². The summed E-state index contributed by atoms with van der Waals surface area (Å²) in [7, 11) is 0. The van der Waals surface area contributed by atoms with Crippen molar-refractivity contribution >= 4 is 24.2 Å². The molecule has 178 valence electrons. The molecule has 0 aliphatic heterocycles. The predicted octanol–water partition coefficient (Wildman–Crippen LogP) is 4.08. The molecule has 0 spiro atoms. The number of hydrogen-bond donors (Lipinski definition) is 2. The number of benzene rings is 2. The molecule has 2 fully saturated rings. The molecule has 2 N–H and O–H groups in total. The molecule has 2 aliphatic carbocycles. The second kappa shape index (κ2) is 12.3. The normalized spacial score (nSPS) is 25.3. The molecule has 4 atom stereocenters. The summed E-state index contributed by atoms with van der Waals surface area (Å²) in [6.45, 7) is 0. The van der Waals surface area contributed by atoms with Crippen molar-refractivity contribution in [3.05, 3.63) is 71.8 Å². The van der Waals surface area contributed by atoms with Gasteiger partial charge in [-0.25, -0.2) is 0 Å². The Kier molecular flexibility index (Phi) is 8.60. The third-order valence-corrected chi connectivity index (χ3v) is 6.73. The Morgan fingerprint density at radius 1 is 0.618 bits per heavy atom. The second-order valence-corrected chi connectivity index (χ2v) is 9.24. The van der Waals surface area contributed by atoms with E-state index in [4.69, 9.17) is 9.98 Å². The fourth-order valence-corrected chi connectivity index (χ4v) is 4.83. The Labute approximate surface area is 202 Å². The lowest BCUT2D eigenvalue weighted by molar-refractivity contribution is -0.140. The summed E-state index contributed by atoms with van der Waals surface area (Å²) in [4.78, 5) is 35.0. The van der Waals surface area contributed by atoms with E-state index in [2.05, 4.69) is 10.6 Å². The molecular formula is C28H34N4O2. The molecule has 0 unspecified atom stereocenters. The maximum absolute atomic E-state index is 12.8. The Balaban J connectivity index is 1.33. The first-order valence-electron chi connectivity index (χ1n) is 12.5.